The smallest absolute Gasteiger partial charge is 0.161 e. The van der Waals surface area contributed by atoms with Gasteiger partial charge in [0.15, 0.2) is 23.0 Å². The van der Waals surface area contributed by atoms with E-state index in [9.17, 15) is 0 Å². The summed E-state index contributed by atoms with van der Waals surface area (Å²) in [5, 5.41) is 0. The van der Waals surface area contributed by atoms with Gasteiger partial charge in [-0.05, 0) is 53.6 Å². The Labute approximate surface area is 182 Å². The number of benzene rings is 3. The van der Waals surface area contributed by atoms with Gasteiger partial charge in [0.1, 0.15) is 11.5 Å². The molecule has 1 heterocycles. The molecule has 31 heavy (non-hydrogen) atoms. The van der Waals surface area contributed by atoms with E-state index in [1.54, 1.807) is 28.4 Å². The zero-order chi connectivity index (χ0) is 21.8. The van der Waals surface area contributed by atoms with Crippen molar-refractivity contribution in [3.63, 3.8) is 0 Å². The van der Waals surface area contributed by atoms with Gasteiger partial charge in [0.2, 0.25) is 0 Å². The van der Waals surface area contributed by atoms with Gasteiger partial charge in [-0.1, -0.05) is 30.3 Å². The van der Waals surface area contributed by atoms with E-state index in [-0.39, 0.29) is 0 Å². The molecule has 4 rings (SSSR count). The highest BCUT2D eigenvalue weighted by molar-refractivity contribution is 5.94. The lowest BCUT2D eigenvalue weighted by molar-refractivity contribution is 0.354. The molecule has 0 amide bonds. The van der Waals surface area contributed by atoms with Crippen molar-refractivity contribution >= 4 is 23.7 Å². The van der Waals surface area contributed by atoms with Crippen LogP contribution in [-0.4, -0.2) is 28.4 Å². The van der Waals surface area contributed by atoms with E-state index in [1.165, 1.54) is 0 Å². The summed E-state index contributed by atoms with van der Waals surface area (Å²) in [7, 11) is 6.48. The van der Waals surface area contributed by atoms with Crippen LogP contribution in [0.3, 0.4) is 0 Å². The molecule has 1 aliphatic rings. The number of methoxy groups -OCH3 is 4. The van der Waals surface area contributed by atoms with E-state index in [2.05, 4.69) is 0 Å². The number of rotatable bonds is 6. The predicted molar refractivity (Wildman–Crippen MR) is 122 cm³/mol. The third kappa shape index (κ3) is 4.08. The van der Waals surface area contributed by atoms with Crippen LogP contribution in [0.25, 0.3) is 23.7 Å². The van der Waals surface area contributed by atoms with Crippen LogP contribution in [0.2, 0.25) is 0 Å². The zero-order valence-corrected chi connectivity index (χ0v) is 18.0. The maximum absolute atomic E-state index is 6.38. The molecule has 1 aliphatic heterocycles. The van der Waals surface area contributed by atoms with Crippen LogP contribution < -0.4 is 18.9 Å². The highest BCUT2D eigenvalue weighted by Crippen LogP contribution is 2.42. The molecule has 5 heteroatoms. The minimum atomic E-state index is 0.635. The average Bonchev–Trinajstić information content (AvgIpc) is 2.83. The van der Waals surface area contributed by atoms with Crippen molar-refractivity contribution in [3.8, 4) is 23.0 Å². The molecule has 5 nitrogen and oxygen atoms in total. The predicted octanol–water partition coefficient (Wildman–Crippen LogP) is 5.75. The molecule has 158 valence electrons. The fraction of sp³-hybridized carbons (Fsp3) is 0.154. The Kier molecular flexibility index (Phi) is 5.85. The first kappa shape index (κ1) is 20.4. The Morgan fingerprint density at radius 1 is 0.677 bits per heavy atom. The van der Waals surface area contributed by atoms with Gasteiger partial charge in [0.05, 0.1) is 28.4 Å². The Morgan fingerprint density at radius 2 is 1.32 bits per heavy atom. The van der Waals surface area contributed by atoms with E-state index >= 15 is 0 Å². The highest BCUT2D eigenvalue weighted by Gasteiger charge is 2.22. The minimum absolute atomic E-state index is 0.635. The SMILES string of the molecule is COc1ccc(C2=Cc3cc(OC)c(OC)cc3/C(=C/c3ccccc3)O2)cc1OC. The number of hydrogen-bond donors (Lipinski definition) is 0. The molecule has 0 atom stereocenters. The van der Waals surface area contributed by atoms with Crippen molar-refractivity contribution in [1.82, 2.24) is 0 Å². The summed E-state index contributed by atoms with van der Waals surface area (Å²) < 4.78 is 28.2. The van der Waals surface area contributed by atoms with E-state index in [1.807, 2.05) is 72.8 Å². The van der Waals surface area contributed by atoms with Crippen LogP contribution >= 0.6 is 0 Å². The lowest BCUT2D eigenvalue weighted by Crippen LogP contribution is -2.04. The molecule has 0 radical (unpaired) electrons. The van der Waals surface area contributed by atoms with Crippen LogP contribution in [0.4, 0.5) is 0 Å². The molecule has 3 aromatic rings. The van der Waals surface area contributed by atoms with Crippen LogP contribution in [0.1, 0.15) is 22.3 Å². The molecular weight excluding hydrogens is 392 g/mol. The van der Waals surface area contributed by atoms with Crippen molar-refractivity contribution in [3.05, 3.63) is 82.9 Å². The first-order valence-corrected chi connectivity index (χ1v) is 9.82. The van der Waals surface area contributed by atoms with Gasteiger partial charge in [-0.2, -0.15) is 0 Å². The minimum Gasteiger partial charge on any atom is -0.493 e. The standard InChI is InChI=1S/C26H24O5/c1-27-21-11-10-18(13-24(21)28-2)22-14-19-15-25(29-3)26(30-4)16-20(19)23(31-22)12-17-8-6-5-7-9-17/h5-16H,1-4H3/b23-12-. The summed E-state index contributed by atoms with van der Waals surface area (Å²) in [4.78, 5) is 0. The summed E-state index contributed by atoms with van der Waals surface area (Å²) in [5.41, 5.74) is 3.80. The van der Waals surface area contributed by atoms with E-state index in [4.69, 9.17) is 23.7 Å². The third-order valence-corrected chi connectivity index (χ3v) is 5.09. The molecule has 0 saturated carbocycles. The zero-order valence-electron chi connectivity index (χ0n) is 18.0. The van der Waals surface area contributed by atoms with Crippen molar-refractivity contribution in [2.45, 2.75) is 0 Å². The second-order valence-electron chi connectivity index (χ2n) is 6.89. The summed E-state index contributed by atoms with van der Waals surface area (Å²) in [5.74, 6) is 4.01. The quantitative estimate of drug-likeness (QED) is 0.512. The lowest BCUT2D eigenvalue weighted by atomic mass is 9.98. The largest absolute Gasteiger partial charge is 0.493 e. The Balaban J connectivity index is 1.87. The molecule has 0 bridgehead atoms. The van der Waals surface area contributed by atoms with Crippen molar-refractivity contribution in [2.75, 3.05) is 28.4 Å². The lowest BCUT2D eigenvalue weighted by Gasteiger charge is -2.23. The van der Waals surface area contributed by atoms with E-state index < -0.39 is 0 Å². The monoisotopic (exact) mass is 416 g/mol. The van der Waals surface area contributed by atoms with E-state index in [0.717, 1.165) is 28.0 Å². The second kappa shape index (κ2) is 8.88. The number of fused-ring (bicyclic) bond motifs is 1. The molecule has 0 N–H and O–H groups in total. The topological polar surface area (TPSA) is 46.2 Å². The molecule has 0 spiro atoms. The van der Waals surface area contributed by atoms with Crippen molar-refractivity contribution in [1.29, 1.82) is 0 Å². The van der Waals surface area contributed by atoms with Crippen LogP contribution in [0.15, 0.2) is 60.7 Å². The maximum Gasteiger partial charge on any atom is 0.161 e. The molecular formula is C26H24O5. The van der Waals surface area contributed by atoms with Crippen LogP contribution in [0.5, 0.6) is 23.0 Å². The molecule has 0 saturated heterocycles. The summed E-state index contributed by atoms with van der Waals surface area (Å²) in [6.07, 6.45) is 4.00. The fourth-order valence-corrected chi connectivity index (χ4v) is 3.51. The summed E-state index contributed by atoms with van der Waals surface area (Å²) >= 11 is 0. The molecule has 0 fully saturated rings. The van der Waals surface area contributed by atoms with Gasteiger partial charge < -0.3 is 23.7 Å². The molecule has 3 aromatic carbocycles. The molecule has 0 aromatic heterocycles. The van der Waals surface area contributed by atoms with Crippen molar-refractivity contribution in [2.24, 2.45) is 0 Å². The molecule has 0 unspecified atom stereocenters. The second-order valence-corrected chi connectivity index (χ2v) is 6.89. The Bertz CT molecular complexity index is 1150. The van der Waals surface area contributed by atoms with Gasteiger partial charge in [0.25, 0.3) is 0 Å². The first-order chi connectivity index (χ1) is 15.2. The van der Waals surface area contributed by atoms with Crippen LogP contribution in [-0.2, 0) is 4.74 Å². The number of hydrogen-bond acceptors (Lipinski definition) is 5. The van der Waals surface area contributed by atoms with Crippen molar-refractivity contribution < 1.29 is 23.7 Å². The maximum atomic E-state index is 6.38. The normalized spacial score (nSPS) is 13.7. The fourth-order valence-electron chi connectivity index (χ4n) is 3.51. The third-order valence-electron chi connectivity index (χ3n) is 5.09. The summed E-state index contributed by atoms with van der Waals surface area (Å²) in [6, 6.07) is 19.6. The Morgan fingerprint density at radius 3 is 2.00 bits per heavy atom. The summed E-state index contributed by atoms with van der Waals surface area (Å²) in [6.45, 7) is 0. The molecule has 0 aliphatic carbocycles. The van der Waals surface area contributed by atoms with E-state index in [0.29, 0.717) is 28.8 Å². The van der Waals surface area contributed by atoms with Gasteiger partial charge in [-0.25, -0.2) is 0 Å². The number of ether oxygens (including phenoxy) is 5. The first-order valence-electron chi connectivity index (χ1n) is 9.82. The Hall–Kier alpha value is -3.86. The van der Waals surface area contributed by atoms with Gasteiger partial charge in [0, 0.05) is 11.1 Å². The van der Waals surface area contributed by atoms with Crippen LogP contribution in [0, 0.1) is 0 Å². The average molecular weight is 416 g/mol. The van der Waals surface area contributed by atoms with Gasteiger partial charge in [-0.3, -0.25) is 0 Å². The van der Waals surface area contributed by atoms with Gasteiger partial charge in [-0.15, -0.1) is 0 Å². The highest BCUT2D eigenvalue weighted by atomic mass is 16.5. The van der Waals surface area contributed by atoms with Gasteiger partial charge >= 0.3 is 0 Å².